The first-order valence-electron chi connectivity index (χ1n) is 6.50. The highest BCUT2D eigenvalue weighted by Gasteiger charge is 2.11. The summed E-state index contributed by atoms with van der Waals surface area (Å²) in [6, 6.07) is 13.0. The van der Waals surface area contributed by atoms with Crippen LogP contribution in [-0.4, -0.2) is 30.3 Å². The minimum absolute atomic E-state index is 0.146. The van der Waals surface area contributed by atoms with Crippen molar-refractivity contribution in [1.29, 1.82) is 0 Å². The third-order valence-electron chi connectivity index (χ3n) is 2.77. The van der Waals surface area contributed by atoms with Gasteiger partial charge in [0.2, 0.25) is 0 Å². The van der Waals surface area contributed by atoms with Crippen LogP contribution in [0.25, 0.3) is 0 Å². The molecule has 21 heavy (non-hydrogen) atoms. The largest absolute Gasteiger partial charge is 0.459 e. The van der Waals surface area contributed by atoms with Gasteiger partial charge in [0.25, 0.3) is 5.91 Å². The third kappa shape index (κ3) is 4.77. The lowest BCUT2D eigenvalue weighted by Gasteiger charge is -2.16. The summed E-state index contributed by atoms with van der Waals surface area (Å²) in [5.41, 5.74) is 5.76. The predicted molar refractivity (Wildman–Crippen MR) is 77.1 cm³/mol. The highest BCUT2D eigenvalue weighted by atomic mass is 16.3. The Kier molecular flexibility index (Phi) is 5.11. The number of rotatable bonds is 5. The Morgan fingerprint density at radius 3 is 2.52 bits per heavy atom. The lowest BCUT2D eigenvalue weighted by atomic mass is 10.2. The number of furan rings is 1. The average Bonchev–Trinajstić information content (AvgIpc) is 3.00. The number of benzene rings is 1. The maximum Gasteiger partial charge on any atom is 0.305 e. The normalized spacial score (nSPS) is 10.4. The Morgan fingerprint density at radius 1 is 1.10 bits per heavy atom. The number of hydrogen-bond donors (Lipinski definition) is 2. The highest BCUT2D eigenvalue weighted by molar-refractivity contribution is 5.93. The molecule has 110 valence electrons. The van der Waals surface area contributed by atoms with Gasteiger partial charge < -0.3 is 4.42 Å². The highest BCUT2D eigenvalue weighted by Crippen LogP contribution is 2.02. The van der Waals surface area contributed by atoms with Gasteiger partial charge in [-0.2, -0.15) is 0 Å². The number of nitrogens with one attached hydrogen (secondary N) is 2. The molecule has 0 aliphatic carbocycles. The standard InChI is InChI=1S/C15H17N3O3/c1-18(10-12-6-3-2-4-7-12)11-14(19)16-17-15(20)13-8-5-9-21-13/h2-9H,10-11H2,1H3,(H,16,19)(H,17,20). The number of likely N-dealkylation sites (N-methyl/N-ethyl adjacent to an activating group) is 1. The summed E-state index contributed by atoms with van der Waals surface area (Å²) < 4.78 is 4.91. The van der Waals surface area contributed by atoms with E-state index < -0.39 is 5.91 Å². The number of hydrazine groups is 1. The zero-order chi connectivity index (χ0) is 15.1. The quantitative estimate of drug-likeness (QED) is 0.810. The Morgan fingerprint density at radius 2 is 1.86 bits per heavy atom. The smallest absolute Gasteiger partial charge is 0.305 e. The van der Waals surface area contributed by atoms with E-state index in [4.69, 9.17) is 4.42 Å². The fraction of sp³-hybridized carbons (Fsp3) is 0.200. The van der Waals surface area contributed by atoms with Crippen LogP contribution in [-0.2, 0) is 11.3 Å². The molecule has 1 aromatic carbocycles. The van der Waals surface area contributed by atoms with Crippen molar-refractivity contribution >= 4 is 11.8 Å². The monoisotopic (exact) mass is 287 g/mol. The van der Waals surface area contributed by atoms with E-state index in [1.807, 2.05) is 42.3 Å². The van der Waals surface area contributed by atoms with Gasteiger partial charge in [-0.1, -0.05) is 30.3 Å². The van der Waals surface area contributed by atoms with Crippen molar-refractivity contribution in [2.75, 3.05) is 13.6 Å². The van der Waals surface area contributed by atoms with Crippen LogP contribution in [0.3, 0.4) is 0 Å². The Balaban J connectivity index is 1.73. The summed E-state index contributed by atoms with van der Waals surface area (Å²) >= 11 is 0. The fourth-order valence-electron chi connectivity index (χ4n) is 1.83. The van der Waals surface area contributed by atoms with Crippen molar-refractivity contribution in [2.24, 2.45) is 0 Å². The van der Waals surface area contributed by atoms with E-state index in [1.54, 1.807) is 6.07 Å². The molecule has 2 amide bonds. The van der Waals surface area contributed by atoms with Crippen LogP contribution in [0, 0.1) is 0 Å². The average molecular weight is 287 g/mol. The molecule has 2 rings (SSSR count). The second-order valence-corrected chi connectivity index (χ2v) is 4.64. The van der Waals surface area contributed by atoms with Gasteiger partial charge in [0.05, 0.1) is 12.8 Å². The molecule has 2 aromatic rings. The van der Waals surface area contributed by atoms with Crippen molar-refractivity contribution in [3.05, 3.63) is 60.1 Å². The van der Waals surface area contributed by atoms with E-state index in [-0.39, 0.29) is 18.2 Å². The molecule has 1 aromatic heterocycles. The van der Waals surface area contributed by atoms with E-state index in [0.29, 0.717) is 6.54 Å². The Hall–Kier alpha value is -2.60. The van der Waals surface area contributed by atoms with Crippen LogP contribution < -0.4 is 10.9 Å². The van der Waals surface area contributed by atoms with E-state index in [2.05, 4.69) is 10.9 Å². The molecule has 0 radical (unpaired) electrons. The molecular weight excluding hydrogens is 270 g/mol. The third-order valence-corrected chi connectivity index (χ3v) is 2.77. The van der Waals surface area contributed by atoms with E-state index in [9.17, 15) is 9.59 Å². The van der Waals surface area contributed by atoms with Crippen LogP contribution in [0.5, 0.6) is 0 Å². The number of carbonyl (C=O) groups is 2. The molecule has 0 saturated heterocycles. The summed E-state index contributed by atoms with van der Waals surface area (Å²) in [5, 5.41) is 0. The summed E-state index contributed by atoms with van der Waals surface area (Å²) in [6.07, 6.45) is 1.39. The van der Waals surface area contributed by atoms with Crippen LogP contribution in [0.1, 0.15) is 16.1 Å². The molecule has 2 N–H and O–H groups in total. The number of nitrogens with zero attached hydrogens (tertiary/aromatic N) is 1. The number of amides is 2. The first-order chi connectivity index (χ1) is 10.1. The van der Waals surface area contributed by atoms with Gasteiger partial charge >= 0.3 is 5.91 Å². The number of carbonyl (C=O) groups excluding carboxylic acids is 2. The molecule has 6 nitrogen and oxygen atoms in total. The van der Waals surface area contributed by atoms with Crippen LogP contribution in [0.15, 0.2) is 53.1 Å². The molecule has 0 bridgehead atoms. The summed E-state index contributed by atoms with van der Waals surface area (Å²) in [5.74, 6) is -0.639. The molecule has 0 saturated carbocycles. The van der Waals surface area contributed by atoms with Crippen LogP contribution >= 0.6 is 0 Å². The molecule has 0 aliphatic rings. The second kappa shape index (κ2) is 7.25. The first-order valence-corrected chi connectivity index (χ1v) is 6.50. The van der Waals surface area contributed by atoms with Gasteiger partial charge in [-0.25, -0.2) is 0 Å². The topological polar surface area (TPSA) is 74.6 Å². The molecule has 0 atom stereocenters. The first kappa shape index (κ1) is 14.8. The van der Waals surface area contributed by atoms with Crippen molar-refractivity contribution in [2.45, 2.75) is 6.54 Å². The van der Waals surface area contributed by atoms with Gasteiger partial charge in [0.1, 0.15) is 0 Å². The molecule has 0 unspecified atom stereocenters. The minimum atomic E-state index is -0.487. The molecule has 0 fully saturated rings. The Bertz CT molecular complexity index is 581. The zero-order valence-corrected chi connectivity index (χ0v) is 11.7. The van der Waals surface area contributed by atoms with E-state index in [1.165, 1.54) is 12.3 Å². The SMILES string of the molecule is CN(CC(=O)NNC(=O)c1ccco1)Cc1ccccc1. The summed E-state index contributed by atoms with van der Waals surface area (Å²) in [4.78, 5) is 25.1. The van der Waals surface area contributed by atoms with Gasteiger partial charge in [0, 0.05) is 6.54 Å². The van der Waals surface area contributed by atoms with E-state index in [0.717, 1.165) is 5.56 Å². The van der Waals surface area contributed by atoms with Crippen molar-refractivity contribution in [3.63, 3.8) is 0 Å². The van der Waals surface area contributed by atoms with Crippen LogP contribution in [0.4, 0.5) is 0 Å². The minimum Gasteiger partial charge on any atom is -0.459 e. The molecule has 1 heterocycles. The maximum absolute atomic E-state index is 11.7. The number of hydrogen-bond acceptors (Lipinski definition) is 4. The second-order valence-electron chi connectivity index (χ2n) is 4.64. The van der Waals surface area contributed by atoms with Crippen LogP contribution in [0.2, 0.25) is 0 Å². The summed E-state index contributed by atoms with van der Waals surface area (Å²) in [7, 11) is 1.83. The molecule has 0 spiro atoms. The predicted octanol–water partition coefficient (Wildman–Crippen LogP) is 1.17. The van der Waals surface area contributed by atoms with Crippen molar-refractivity contribution in [3.8, 4) is 0 Å². The molecular formula is C15H17N3O3. The lowest BCUT2D eigenvalue weighted by molar-refractivity contribution is -0.122. The van der Waals surface area contributed by atoms with Gasteiger partial charge in [-0.3, -0.25) is 25.3 Å². The lowest BCUT2D eigenvalue weighted by Crippen LogP contribution is -2.45. The molecule has 6 heteroatoms. The zero-order valence-electron chi connectivity index (χ0n) is 11.7. The Labute approximate surface area is 122 Å². The van der Waals surface area contributed by atoms with E-state index >= 15 is 0 Å². The van der Waals surface area contributed by atoms with Crippen molar-refractivity contribution in [1.82, 2.24) is 15.8 Å². The maximum atomic E-state index is 11.7. The van der Waals surface area contributed by atoms with Gasteiger partial charge in [0.15, 0.2) is 5.76 Å². The van der Waals surface area contributed by atoms with Crippen molar-refractivity contribution < 1.29 is 14.0 Å². The van der Waals surface area contributed by atoms with Gasteiger partial charge in [-0.05, 0) is 24.7 Å². The molecule has 0 aliphatic heterocycles. The fourth-order valence-corrected chi connectivity index (χ4v) is 1.83. The summed E-state index contributed by atoms with van der Waals surface area (Å²) in [6.45, 7) is 0.827. The van der Waals surface area contributed by atoms with Gasteiger partial charge in [-0.15, -0.1) is 0 Å².